The third-order valence-electron chi connectivity index (χ3n) is 3.05. The van der Waals surface area contributed by atoms with Crippen LogP contribution in [0.2, 0.25) is 5.02 Å². The molecule has 128 valence electrons. The van der Waals surface area contributed by atoms with E-state index in [0.29, 0.717) is 10.7 Å². The molecule has 0 fully saturated rings. The molecule has 0 radical (unpaired) electrons. The zero-order valence-corrected chi connectivity index (χ0v) is 13.3. The third kappa shape index (κ3) is 4.99. The molecule has 8 heteroatoms. The number of nitrogens with zero attached hydrogens (tertiary/aromatic N) is 1. The Morgan fingerprint density at radius 1 is 1.16 bits per heavy atom. The number of para-hydroxylation sites is 1. The summed E-state index contributed by atoms with van der Waals surface area (Å²) in [6.45, 7) is 0. The van der Waals surface area contributed by atoms with Crippen LogP contribution in [0.4, 0.5) is 24.5 Å². The van der Waals surface area contributed by atoms with Gasteiger partial charge < -0.3 is 10.6 Å². The molecule has 0 spiro atoms. The van der Waals surface area contributed by atoms with Crippen LogP contribution in [0.3, 0.4) is 0 Å². The Hall–Kier alpha value is -2.98. The second kappa shape index (κ2) is 7.73. The molecular formula is C17H11ClF3N3O. The summed E-state index contributed by atoms with van der Waals surface area (Å²) in [5.41, 5.74) is -1.30. The highest BCUT2D eigenvalue weighted by Crippen LogP contribution is 2.34. The van der Waals surface area contributed by atoms with Gasteiger partial charge in [0, 0.05) is 16.9 Å². The second-order valence-electron chi connectivity index (χ2n) is 4.82. The number of carbonyl (C=O) groups is 1. The minimum atomic E-state index is -4.63. The third-order valence-corrected chi connectivity index (χ3v) is 3.29. The van der Waals surface area contributed by atoms with E-state index in [0.717, 1.165) is 18.3 Å². The van der Waals surface area contributed by atoms with E-state index in [1.165, 1.54) is 12.1 Å². The average molecular weight is 366 g/mol. The van der Waals surface area contributed by atoms with Crippen LogP contribution in [0.1, 0.15) is 5.56 Å². The van der Waals surface area contributed by atoms with Crippen LogP contribution >= 0.6 is 11.6 Å². The van der Waals surface area contributed by atoms with Crippen molar-refractivity contribution < 1.29 is 18.0 Å². The van der Waals surface area contributed by atoms with Gasteiger partial charge in [0.05, 0.1) is 11.3 Å². The summed E-state index contributed by atoms with van der Waals surface area (Å²) in [6, 6.07) is 12.7. The van der Waals surface area contributed by atoms with E-state index in [4.69, 9.17) is 16.9 Å². The summed E-state index contributed by atoms with van der Waals surface area (Å²) in [7, 11) is 0. The number of anilines is 2. The summed E-state index contributed by atoms with van der Waals surface area (Å²) >= 11 is 5.81. The molecule has 4 nitrogen and oxygen atoms in total. The maximum Gasteiger partial charge on any atom is 0.418 e. The highest BCUT2D eigenvalue weighted by molar-refractivity contribution is 6.30. The van der Waals surface area contributed by atoms with Gasteiger partial charge in [0.2, 0.25) is 0 Å². The number of carbonyl (C=O) groups excluding carboxylic acids is 1. The predicted octanol–water partition coefficient (Wildman–Crippen LogP) is 4.82. The van der Waals surface area contributed by atoms with E-state index in [-0.39, 0.29) is 0 Å². The van der Waals surface area contributed by atoms with Crippen molar-refractivity contribution in [3.05, 3.63) is 70.9 Å². The lowest BCUT2D eigenvalue weighted by Crippen LogP contribution is -2.18. The normalized spacial score (nSPS) is 11.6. The van der Waals surface area contributed by atoms with E-state index in [1.54, 1.807) is 30.3 Å². The molecule has 2 N–H and O–H groups in total. The topological polar surface area (TPSA) is 64.9 Å². The Labute approximate surface area is 146 Å². The van der Waals surface area contributed by atoms with Crippen LogP contribution in [0, 0.1) is 11.3 Å². The molecule has 0 saturated heterocycles. The number of nitriles is 1. The van der Waals surface area contributed by atoms with E-state index in [2.05, 4.69) is 10.6 Å². The SMILES string of the molecule is N#C/C(=C/Nc1cccc(Cl)c1)C(=O)Nc1ccccc1C(F)(F)F. The largest absolute Gasteiger partial charge is 0.418 e. The van der Waals surface area contributed by atoms with Gasteiger partial charge in [-0.3, -0.25) is 4.79 Å². The first-order valence-corrected chi connectivity index (χ1v) is 7.29. The standard InChI is InChI=1S/C17H11ClF3N3O/c18-12-4-3-5-13(8-12)23-10-11(9-22)16(25)24-15-7-2-1-6-14(15)17(19,20)21/h1-8,10,23H,(H,24,25)/b11-10-. The van der Waals surface area contributed by atoms with Gasteiger partial charge in [-0.2, -0.15) is 18.4 Å². The van der Waals surface area contributed by atoms with Crippen LogP contribution in [-0.4, -0.2) is 5.91 Å². The summed E-state index contributed by atoms with van der Waals surface area (Å²) in [6.07, 6.45) is -3.53. The molecule has 0 aliphatic carbocycles. The monoisotopic (exact) mass is 365 g/mol. The number of hydrogen-bond donors (Lipinski definition) is 2. The molecule has 0 bridgehead atoms. The number of hydrogen-bond acceptors (Lipinski definition) is 3. The first kappa shape index (κ1) is 18.4. The van der Waals surface area contributed by atoms with Crippen molar-refractivity contribution in [3.8, 4) is 6.07 Å². The van der Waals surface area contributed by atoms with Crippen molar-refractivity contribution in [2.75, 3.05) is 10.6 Å². The van der Waals surface area contributed by atoms with Crippen molar-refractivity contribution in [2.45, 2.75) is 6.18 Å². The molecule has 0 heterocycles. The maximum atomic E-state index is 12.9. The first-order chi connectivity index (χ1) is 11.8. The van der Waals surface area contributed by atoms with E-state index < -0.39 is 28.9 Å². The van der Waals surface area contributed by atoms with Crippen LogP contribution in [0.5, 0.6) is 0 Å². The van der Waals surface area contributed by atoms with Gasteiger partial charge in [0.1, 0.15) is 11.6 Å². The molecule has 0 aliphatic rings. The lowest BCUT2D eigenvalue weighted by molar-refractivity contribution is -0.137. The minimum absolute atomic E-state index is 0.392. The number of alkyl halides is 3. The number of halogens is 4. The highest BCUT2D eigenvalue weighted by Gasteiger charge is 2.33. The van der Waals surface area contributed by atoms with Gasteiger partial charge in [-0.15, -0.1) is 0 Å². The Bertz CT molecular complexity index is 857. The van der Waals surface area contributed by atoms with E-state index in [9.17, 15) is 18.0 Å². The molecule has 25 heavy (non-hydrogen) atoms. The Balaban J connectivity index is 2.19. The Morgan fingerprint density at radius 3 is 2.52 bits per heavy atom. The number of amides is 1. The average Bonchev–Trinajstić information content (AvgIpc) is 2.55. The molecule has 2 aromatic rings. The number of nitrogens with one attached hydrogen (secondary N) is 2. The van der Waals surface area contributed by atoms with Gasteiger partial charge in [-0.1, -0.05) is 29.8 Å². The lowest BCUT2D eigenvalue weighted by Gasteiger charge is -2.13. The minimum Gasteiger partial charge on any atom is -0.360 e. The Kier molecular flexibility index (Phi) is 5.67. The van der Waals surface area contributed by atoms with E-state index >= 15 is 0 Å². The summed E-state index contributed by atoms with van der Waals surface area (Å²) in [5, 5.41) is 14.3. The maximum absolute atomic E-state index is 12.9. The van der Waals surface area contributed by atoms with Crippen molar-refractivity contribution in [1.82, 2.24) is 0 Å². The summed E-state index contributed by atoms with van der Waals surface area (Å²) in [5.74, 6) is -0.964. The summed E-state index contributed by atoms with van der Waals surface area (Å²) in [4.78, 5) is 12.1. The van der Waals surface area contributed by atoms with Gasteiger partial charge >= 0.3 is 6.18 Å². The smallest absolute Gasteiger partial charge is 0.360 e. The van der Waals surface area contributed by atoms with Crippen LogP contribution < -0.4 is 10.6 Å². The van der Waals surface area contributed by atoms with E-state index in [1.807, 2.05) is 0 Å². The molecule has 0 aromatic heterocycles. The highest BCUT2D eigenvalue weighted by atomic mass is 35.5. The fourth-order valence-electron chi connectivity index (χ4n) is 1.91. The van der Waals surface area contributed by atoms with Crippen LogP contribution in [-0.2, 0) is 11.0 Å². The molecule has 0 atom stereocenters. The lowest BCUT2D eigenvalue weighted by atomic mass is 10.1. The number of benzene rings is 2. The molecule has 1 amide bonds. The second-order valence-corrected chi connectivity index (χ2v) is 5.26. The first-order valence-electron chi connectivity index (χ1n) is 6.91. The van der Waals surface area contributed by atoms with Crippen LogP contribution in [0.15, 0.2) is 60.3 Å². The molecule has 0 saturated carbocycles. The fraction of sp³-hybridized carbons (Fsp3) is 0.0588. The summed E-state index contributed by atoms with van der Waals surface area (Å²) < 4.78 is 38.8. The zero-order chi connectivity index (χ0) is 18.4. The molecule has 0 aliphatic heterocycles. The van der Waals surface area contributed by atoms with Crippen LogP contribution in [0.25, 0.3) is 0 Å². The zero-order valence-electron chi connectivity index (χ0n) is 12.6. The fourth-order valence-corrected chi connectivity index (χ4v) is 2.10. The molecule has 2 aromatic carbocycles. The van der Waals surface area contributed by atoms with Crippen molar-refractivity contribution in [1.29, 1.82) is 5.26 Å². The van der Waals surface area contributed by atoms with Gasteiger partial charge in [-0.25, -0.2) is 0 Å². The predicted molar refractivity (Wildman–Crippen MR) is 88.8 cm³/mol. The molecule has 0 unspecified atom stereocenters. The Morgan fingerprint density at radius 2 is 1.88 bits per heavy atom. The quantitative estimate of drug-likeness (QED) is 0.603. The van der Waals surface area contributed by atoms with Crippen molar-refractivity contribution >= 4 is 28.9 Å². The van der Waals surface area contributed by atoms with Crippen molar-refractivity contribution in [2.24, 2.45) is 0 Å². The molecular weight excluding hydrogens is 355 g/mol. The van der Waals surface area contributed by atoms with Gasteiger partial charge in [0.25, 0.3) is 5.91 Å². The number of rotatable bonds is 4. The molecule has 2 rings (SSSR count). The van der Waals surface area contributed by atoms with Gasteiger partial charge in [0.15, 0.2) is 0 Å². The van der Waals surface area contributed by atoms with Crippen molar-refractivity contribution in [3.63, 3.8) is 0 Å². The van der Waals surface area contributed by atoms with Gasteiger partial charge in [-0.05, 0) is 30.3 Å².